The number of nitro groups is 1. The Morgan fingerprint density at radius 2 is 2.14 bits per heavy atom. The van der Waals surface area contributed by atoms with Crippen molar-refractivity contribution in [2.24, 2.45) is 0 Å². The van der Waals surface area contributed by atoms with Gasteiger partial charge in [-0.1, -0.05) is 19.1 Å². The number of aliphatic hydroxyl groups is 1. The van der Waals surface area contributed by atoms with Crippen LogP contribution in [0.15, 0.2) is 24.3 Å². The Balaban J connectivity index is 2.63. The van der Waals surface area contributed by atoms with Gasteiger partial charge in [0.2, 0.25) is 0 Å². The van der Waals surface area contributed by atoms with Crippen molar-refractivity contribution in [3.8, 4) is 5.75 Å². The third kappa shape index (κ3) is 5.03. The van der Waals surface area contributed by atoms with Gasteiger partial charge in [-0.2, -0.15) is 0 Å². The largest absolute Gasteiger partial charge is 0.477 e. The summed E-state index contributed by atoms with van der Waals surface area (Å²) in [5.41, 5.74) is -0.698. The second-order valence-corrected chi connectivity index (χ2v) is 4.95. The smallest absolute Gasteiger partial charge is 0.310 e. The molecule has 0 fully saturated rings. The van der Waals surface area contributed by atoms with Crippen molar-refractivity contribution >= 4 is 11.6 Å². The topological polar surface area (TPSA) is 102 Å². The maximum absolute atomic E-state index is 11.9. The first-order valence-electron chi connectivity index (χ1n) is 6.70. The molecule has 0 bridgehead atoms. The molecular formula is C14H20N2O5. The lowest BCUT2D eigenvalue weighted by molar-refractivity contribution is -0.385. The van der Waals surface area contributed by atoms with E-state index >= 15 is 0 Å². The molecule has 7 nitrogen and oxygen atoms in total. The van der Waals surface area contributed by atoms with Crippen LogP contribution in [0, 0.1) is 10.1 Å². The second-order valence-electron chi connectivity index (χ2n) is 4.95. The quantitative estimate of drug-likeness (QED) is 0.561. The van der Waals surface area contributed by atoms with E-state index in [1.54, 1.807) is 6.07 Å². The molecule has 0 radical (unpaired) electrons. The molecule has 0 aromatic heterocycles. The Kier molecular flexibility index (Phi) is 6.10. The summed E-state index contributed by atoms with van der Waals surface area (Å²) in [6.45, 7) is 3.38. The predicted octanol–water partition coefficient (Wildman–Crippen LogP) is 1.64. The highest BCUT2D eigenvalue weighted by Gasteiger charge is 2.24. The molecule has 0 heterocycles. The summed E-state index contributed by atoms with van der Waals surface area (Å²) in [6.07, 6.45) is 1.09. The Morgan fingerprint density at radius 1 is 1.48 bits per heavy atom. The fourth-order valence-corrected chi connectivity index (χ4v) is 1.82. The number of rotatable bonds is 8. The van der Waals surface area contributed by atoms with Crippen LogP contribution in [-0.2, 0) is 4.79 Å². The number of nitrogens with zero attached hydrogens (tertiary/aromatic N) is 1. The minimum Gasteiger partial charge on any atom is -0.477 e. The molecule has 1 amide bonds. The third-order valence-electron chi connectivity index (χ3n) is 3.31. The van der Waals surface area contributed by atoms with Crippen LogP contribution in [0.4, 0.5) is 5.69 Å². The summed E-state index contributed by atoms with van der Waals surface area (Å²) < 4.78 is 5.21. The third-order valence-corrected chi connectivity index (χ3v) is 3.31. The second kappa shape index (κ2) is 7.58. The molecule has 0 aliphatic heterocycles. The molecule has 0 saturated carbocycles. The fraction of sp³-hybridized carbons (Fsp3) is 0.500. The van der Waals surface area contributed by atoms with Crippen LogP contribution < -0.4 is 10.1 Å². The van der Waals surface area contributed by atoms with Gasteiger partial charge in [0, 0.05) is 18.2 Å². The minimum atomic E-state index is -0.560. The molecule has 1 aromatic rings. The first kappa shape index (κ1) is 16.9. The van der Waals surface area contributed by atoms with Gasteiger partial charge in [0.25, 0.3) is 5.91 Å². The molecule has 0 spiro atoms. The molecule has 1 rings (SSSR count). The van der Waals surface area contributed by atoms with Gasteiger partial charge in [-0.05, 0) is 25.8 Å². The molecule has 1 unspecified atom stereocenters. The lowest BCUT2D eigenvalue weighted by Gasteiger charge is -2.28. The van der Waals surface area contributed by atoms with E-state index in [4.69, 9.17) is 9.84 Å². The van der Waals surface area contributed by atoms with Gasteiger partial charge < -0.3 is 15.2 Å². The van der Waals surface area contributed by atoms with Crippen molar-refractivity contribution in [1.29, 1.82) is 0 Å². The molecule has 7 heteroatoms. The number of carbonyl (C=O) groups is 1. The number of aliphatic hydroxyl groups excluding tert-OH is 1. The van der Waals surface area contributed by atoms with Crippen LogP contribution in [-0.4, -0.2) is 34.7 Å². The Hall–Kier alpha value is -2.15. The summed E-state index contributed by atoms with van der Waals surface area (Å²) in [7, 11) is 0. The van der Waals surface area contributed by atoms with E-state index in [1.807, 2.05) is 13.8 Å². The maximum atomic E-state index is 11.9. The van der Waals surface area contributed by atoms with E-state index in [-0.39, 0.29) is 30.6 Å². The maximum Gasteiger partial charge on any atom is 0.310 e. The zero-order valence-electron chi connectivity index (χ0n) is 12.2. The number of amides is 1. The van der Waals surface area contributed by atoms with Crippen LogP contribution in [0.5, 0.6) is 5.75 Å². The van der Waals surface area contributed by atoms with Crippen LogP contribution in [0.1, 0.15) is 26.7 Å². The van der Waals surface area contributed by atoms with Gasteiger partial charge in [0.15, 0.2) is 12.4 Å². The number of nitrogens with one attached hydrogen (secondary N) is 1. The number of hydrogen-bond acceptors (Lipinski definition) is 5. The Labute approximate surface area is 123 Å². The number of hydrogen-bond donors (Lipinski definition) is 2. The zero-order chi connectivity index (χ0) is 15.9. The number of para-hydroxylation sites is 2. The molecule has 116 valence electrons. The van der Waals surface area contributed by atoms with E-state index in [0.717, 1.165) is 0 Å². The van der Waals surface area contributed by atoms with E-state index in [9.17, 15) is 14.9 Å². The van der Waals surface area contributed by atoms with Crippen molar-refractivity contribution in [2.75, 3.05) is 13.2 Å². The van der Waals surface area contributed by atoms with E-state index in [1.165, 1.54) is 18.2 Å². The summed E-state index contributed by atoms with van der Waals surface area (Å²) in [4.78, 5) is 22.1. The first-order valence-corrected chi connectivity index (χ1v) is 6.70. The molecule has 21 heavy (non-hydrogen) atoms. The average molecular weight is 296 g/mol. The summed E-state index contributed by atoms with van der Waals surface area (Å²) >= 11 is 0. The lowest BCUT2D eigenvalue weighted by atomic mass is 9.95. The van der Waals surface area contributed by atoms with Gasteiger partial charge in [-0.25, -0.2) is 0 Å². The van der Waals surface area contributed by atoms with Gasteiger partial charge in [0.05, 0.1) is 4.92 Å². The van der Waals surface area contributed by atoms with Crippen LogP contribution in [0.25, 0.3) is 0 Å². The van der Waals surface area contributed by atoms with E-state index in [0.29, 0.717) is 12.8 Å². The van der Waals surface area contributed by atoms with Crippen molar-refractivity contribution in [3.63, 3.8) is 0 Å². The number of benzene rings is 1. The number of nitro benzene ring substituents is 1. The van der Waals surface area contributed by atoms with Crippen LogP contribution in [0.3, 0.4) is 0 Å². The zero-order valence-corrected chi connectivity index (χ0v) is 12.2. The van der Waals surface area contributed by atoms with Gasteiger partial charge >= 0.3 is 5.69 Å². The molecule has 0 aliphatic rings. The summed E-state index contributed by atoms with van der Waals surface area (Å²) in [5.74, 6) is -0.330. The van der Waals surface area contributed by atoms with Gasteiger partial charge in [0.1, 0.15) is 0 Å². The van der Waals surface area contributed by atoms with Crippen molar-refractivity contribution in [1.82, 2.24) is 5.32 Å². The van der Waals surface area contributed by atoms with Crippen molar-refractivity contribution < 1.29 is 19.6 Å². The Bertz CT molecular complexity index is 506. The van der Waals surface area contributed by atoms with Crippen molar-refractivity contribution in [2.45, 2.75) is 32.2 Å². The fourth-order valence-electron chi connectivity index (χ4n) is 1.82. The molecule has 0 saturated heterocycles. The predicted molar refractivity (Wildman–Crippen MR) is 77.1 cm³/mol. The summed E-state index contributed by atoms with van der Waals surface area (Å²) in [5, 5.41) is 22.6. The van der Waals surface area contributed by atoms with Gasteiger partial charge in [-0.15, -0.1) is 0 Å². The van der Waals surface area contributed by atoms with Gasteiger partial charge in [-0.3, -0.25) is 14.9 Å². The molecule has 2 N–H and O–H groups in total. The highest BCUT2D eigenvalue weighted by Crippen LogP contribution is 2.25. The van der Waals surface area contributed by atoms with Crippen molar-refractivity contribution in [3.05, 3.63) is 34.4 Å². The SMILES string of the molecule is CCC(C)(CCO)NC(=O)COc1ccccc1[N+](=O)[O-]. The lowest BCUT2D eigenvalue weighted by Crippen LogP contribution is -2.47. The molecular weight excluding hydrogens is 276 g/mol. The van der Waals surface area contributed by atoms with E-state index in [2.05, 4.69) is 5.32 Å². The molecule has 0 aliphatic carbocycles. The number of ether oxygens (including phenoxy) is 1. The van der Waals surface area contributed by atoms with Crippen LogP contribution >= 0.6 is 0 Å². The van der Waals surface area contributed by atoms with E-state index < -0.39 is 10.5 Å². The standard InChI is InChI=1S/C14H20N2O5/c1-3-14(2,8-9-17)15-13(18)10-21-12-7-5-4-6-11(12)16(19)20/h4-7,17H,3,8-10H2,1-2H3,(H,15,18). The number of carbonyl (C=O) groups excluding carboxylic acids is 1. The molecule has 1 aromatic carbocycles. The normalized spacial score (nSPS) is 13.3. The highest BCUT2D eigenvalue weighted by atomic mass is 16.6. The minimum absolute atomic E-state index is 0.0321. The highest BCUT2D eigenvalue weighted by molar-refractivity contribution is 5.78. The van der Waals surface area contributed by atoms with Crippen LogP contribution in [0.2, 0.25) is 0 Å². The Morgan fingerprint density at radius 3 is 2.71 bits per heavy atom. The monoisotopic (exact) mass is 296 g/mol. The molecule has 1 atom stereocenters. The average Bonchev–Trinajstić information content (AvgIpc) is 2.45. The first-order chi connectivity index (χ1) is 9.91. The summed E-state index contributed by atoms with van der Waals surface area (Å²) in [6, 6.07) is 5.88.